The van der Waals surface area contributed by atoms with Crippen LogP contribution in [0.5, 0.6) is 11.5 Å². The molecule has 5 nitrogen and oxygen atoms in total. The highest BCUT2D eigenvalue weighted by Crippen LogP contribution is 2.55. The average molecular weight is 571 g/mol. The van der Waals surface area contributed by atoms with E-state index in [4.69, 9.17) is 18.7 Å². The Morgan fingerprint density at radius 1 is 0.535 bits per heavy atom. The van der Waals surface area contributed by atoms with E-state index < -0.39 is 18.3 Å². The smallest absolute Gasteiger partial charge is 0.453 e. The Morgan fingerprint density at radius 2 is 1.07 bits per heavy atom. The van der Waals surface area contributed by atoms with Gasteiger partial charge in [0.15, 0.2) is 11.5 Å². The summed E-state index contributed by atoms with van der Waals surface area (Å²) in [5.74, 6) is 1.59. The number of fused-ring (bicyclic) bond motifs is 2. The van der Waals surface area contributed by atoms with Crippen LogP contribution in [-0.2, 0) is 14.0 Å². The summed E-state index contributed by atoms with van der Waals surface area (Å²) in [5.41, 5.74) is 6.37. The number of benzene rings is 4. The quantitative estimate of drug-likeness (QED) is 0.205. The van der Waals surface area contributed by atoms with Crippen LogP contribution in [0.15, 0.2) is 91.0 Å². The molecule has 0 N–H and O–H groups in total. The SMILES string of the molecule is CC1(C)OB(c2ccc3c(c2)N(c2ccc(-c4ccccc4)cc2)c2cc(B4OC(C)(C)C4(C)C)ccc2O3)OC1(C)C. The summed E-state index contributed by atoms with van der Waals surface area (Å²) in [6.45, 7) is 17.2. The van der Waals surface area contributed by atoms with Crippen LogP contribution in [0.2, 0.25) is 5.31 Å². The average Bonchev–Trinajstić information content (AvgIpc) is 3.21. The lowest BCUT2D eigenvalue weighted by atomic mass is 9.33. The van der Waals surface area contributed by atoms with E-state index >= 15 is 0 Å². The Morgan fingerprint density at radius 3 is 1.63 bits per heavy atom. The van der Waals surface area contributed by atoms with Crippen molar-refractivity contribution in [1.29, 1.82) is 0 Å². The van der Waals surface area contributed by atoms with E-state index in [0.29, 0.717) is 0 Å². The lowest BCUT2D eigenvalue weighted by molar-refractivity contribution is -0.00939. The Kier molecular flexibility index (Phi) is 6.24. The van der Waals surface area contributed by atoms with Gasteiger partial charge in [-0.3, -0.25) is 0 Å². The van der Waals surface area contributed by atoms with Gasteiger partial charge in [-0.25, -0.2) is 0 Å². The van der Waals surface area contributed by atoms with E-state index in [2.05, 4.69) is 133 Å². The van der Waals surface area contributed by atoms with Crippen molar-refractivity contribution in [3.8, 4) is 22.6 Å². The fourth-order valence-corrected chi connectivity index (χ4v) is 6.18. The minimum atomic E-state index is -0.475. The summed E-state index contributed by atoms with van der Waals surface area (Å²) in [7, 11) is -0.475. The van der Waals surface area contributed by atoms with E-state index in [-0.39, 0.29) is 17.8 Å². The van der Waals surface area contributed by atoms with Gasteiger partial charge in [0.1, 0.15) is 0 Å². The predicted molar refractivity (Wildman–Crippen MR) is 177 cm³/mol. The number of hydrogen-bond acceptors (Lipinski definition) is 5. The highest BCUT2D eigenvalue weighted by Gasteiger charge is 2.59. The second kappa shape index (κ2) is 9.49. The van der Waals surface area contributed by atoms with Crippen molar-refractivity contribution in [3.05, 3.63) is 91.0 Å². The fraction of sp³-hybridized carbons (Fsp3) is 0.333. The van der Waals surface area contributed by atoms with Gasteiger partial charge in [0.2, 0.25) is 0 Å². The van der Waals surface area contributed by atoms with Gasteiger partial charge >= 0.3 is 14.0 Å². The standard InChI is InChI=1S/C36H39B2NO4/c1-33(2)34(3,4)41-37(33)26-16-20-31-29(22-26)39(28-18-14-25(15-19-28)24-12-10-9-11-13-24)30-23-27(17-21-32(30)40-31)38-42-35(5,6)36(7,8)43-38/h9-23H,1-8H3. The van der Waals surface area contributed by atoms with Gasteiger partial charge in [-0.2, -0.15) is 0 Å². The van der Waals surface area contributed by atoms with Gasteiger partial charge in [0.05, 0.1) is 22.6 Å². The summed E-state index contributed by atoms with van der Waals surface area (Å²) in [6, 6.07) is 31.9. The van der Waals surface area contributed by atoms with E-state index in [1.165, 1.54) is 11.1 Å². The summed E-state index contributed by atoms with van der Waals surface area (Å²) >= 11 is 0. The molecule has 7 rings (SSSR count). The number of nitrogens with zero attached hydrogens (tertiary/aromatic N) is 1. The van der Waals surface area contributed by atoms with Gasteiger partial charge in [-0.1, -0.05) is 68.4 Å². The molecule has 4 aromatic rings. The van der Waals surface area contributed by atoms with Crippen molar-refractivity contribution in [2.24, 2.45) is 0 Å². The van der Waals surface area contributed by atoms with Crippen molar-refractivity contribution in [2.75, 3.05) is 4.90 Å². The minimum Gasteiger partial charge on any atom is -0.453 e. The first-order valence-electron chi connectivity index (χ1n) is 15.2. The van der Waals surface area contributed by atoms with Crippen LogP contribution in [-0.4, -0.2) is 30.8 Å². The Labute approximate surface area is 256 Å². The summed E-state index contributed by atoms with van der Waals surface area (Å²) in [6.07, 6.45) is 0. The lowest BCUT2D eigenvalue weighted by Crippen LogP contribution is -2.66. The van der Waals surface area contributed by atoms with Crippen LogP contribution in [0.25, 0.3) is 11.1 Å². The molecule has 218 valence electrons. The molecule has 0 aliphatic carbocycles. The molecular weight excluding hydrogens is 532 g/mol. The third-order valence-corrected chi connectivity index (χ3v) is 10.3. The monoisotopic (exact) mass is 571 g/mol. The Hall–Kier alpha value is -3.51. The van der Waals surface area contributed by atoms with Crippen molar-refractivity contribution in [1.82, 2.24) is 0 Å². The van der Waals surface area contributed by atoms with Gasteiger partial charge in [-0.05, 0) is 100.0 Å². The second-order valence-corrected chi connectivity index (χ2v) is 14.1. The van der Waals surface area contributed by atoms with Gasteiger partial charge in [-0.15, -0.1) is 0 Å². The van der Waals surface area contributed by atoms with Crippen LogP contribution in [0, 0.1) is 0 Å². The zero-order valence-electron chi connectivity index (χ0n) is 26.4. The molecule has 0 amide bonds. The summed E-state index contributed by atoms with van der Waals surface area (Å²) in [5, 5.41) is -0.0131. The molecule has 7 heteroatoms. The maximum absolute atomic E-state index is 6.54. The van der Waals surface area contributed by atoms with E-state index in [0.717, 1.165) is 39.5 Å². The normalized spacial score (nSPS) is 20.6. The topological polar surface area (TPSA) is 40.2 Å². The molecule has 3 aliphatic heterocycles. The first-order chi connectivity index (χ1) is 20.3. The van der Waals surface area contributed by atoms with Crippen LogP contribution in [0.3, 0.4) is 0 Å². The predicted octanol–water partition coefficient (Wildman–Crippen LogP) is 8.02. The van der Waals surface area contributed by atoms with Gasteiger partial charge in [0, 0.05) is 16.6 Å². The van der Waals surface area contributed by atoms with Crippen molar-refractivity contribution < 1.29 is 18.7 Å². The maximum Gasteiger partial charge on any atom is 0.494 e. The molecule has 0 unspecified atom stereocenters. The zero-order valence-corrected chi connectivity index (χ0v) is 26.4. The Balaban J connectivity index is 1.33. The highest BCUT2D eigenvalue weighted by atomic mass is 16.7. The number of hydrogen-bond donors (Lipinski definition) is 0. The molecular formula is C36H39B2NO4. The van der Waals surface area contributed by atoms with Crippen LogP contribution < -0.4 is 20.6 Å². The molecule has 3 heterocycles. The molecule has 0 bridgehead atoms. The number of rotatable bonds is 4. The Bertz CT molecular complexity index is 1680. The van der Waals surface area contributed by atoms with Crippen molar-refractivity contribution in [3.63, 3.8) is 0 Å². The second-order valence-electron chi connectivity index (χ2n) is 14.1. The lowest BCUT2D eigenvalue weighted by Gasteiger charge is -2.57. The van der Waals surface area contributed by atoms with Crippen LogP contribution >= 0.6 is 0 Å². The highest BCUT2D eigenvalue weighted by molar-refractivity contribution is 6.73. The van der Waals surface area contributed by atoms with Gasteiger partial charge in [0.25, 0.3) is 0 Å². The fourth-order valence-electron chi connectivity index (χ4n) is 6.18. The first kappa shape index (κ1) is 28.3. The van der Waals surface area contributed by atoms with Crippen LogP contribution in [0.1, 0.15) is 55.4 Å². The largest absolute Gasteiger partial charge is 0.494 e. The molecule has 2 saturated heterocycles. The molecule has 0 saturated carbocycles. The zero-order chi connectivity index (χ0) is 30.4. The number of anilines is 3. The molecule has 2 fully saturated rings. The molecule has 0 atom stereocenters. The first-order valence-corrected chi connectivity index (χ1v) is 15.2. The molecule has 43 heavy (non-hydrogen) atoms. The third kappa shape index (κ3) is 4.44. The summed E-state index contributed by atoms with van der Waals surface area (Å²) < 4.78 is 25.8. The minimum absolute atomic E-state index is 0.00686. The third-order valence-electron chi connectivity index (χ3n) is 10.3. The molecule has 3 aliphatic rings. The van der Waals surface area contributed by atoms with Crippen molar-refractivity contribution >= 4 is 42.0 Å². The van der Waals surface area contributed by atoms with E-state index in [1.807, 2.05) is 18.2 Å². The molecule has 0 radical (unpaired) electrons. The van der Waals surface area contributed by atoms with Crippen LogP contribution in [0.4, 0.5) is 17.1 Å². The van der Waals surface area contributed by atoms with E-state index in [9.17, 15) is 0 Å². The van der Waals surface area contributed by atoms with E-state index in [1.54, 1.807) is 0 Å². The number of ether oxygens (including phenoxy) is 1. The molecule has 0 aromatic heterocycles. The molecule has 4 aromatic carbocycles. The molecule has 0 spiro atoms. The van der Waals surface area contributed by atoms with Crippen molar-refractivity contribution in [2.45, 2.75) is 77.5 Å². The summed E-state index contributed by atoms with van der Waals surface area (Å²) in [4.78, 5) is 2.29. The van der Waals surface area contributed by atoms with Gasteiger partial charge < -0.3 is 23.6 Å². The maximum atomic E-state index is 6.54.